The van der Waals surface area contributed by atoms with Crippen molar-refractivity contribution in [2.45, 2.75) is 19.4 Å². The van der Waals surface area contributed by atoms with E-state index in [0.29, 0.717) is 0 Å². The van der Waals surface area contributed by atoms with Gasteiger partial charge in [0.25, 0.3) is 0 Å². The van der Waals surface area contributed by atoms with Crippen LogP contribution in [-0.4, -0.2) is 5.54 Å². The van der Waals surface area contributed by atoms with Crippen LogP contribution in [-0.2, 0) is 4.84 Å². The van der Waals surface area contributed by atoms with Crippen LogP contribution >= 0.6 is 0 Å². The van der Waals surface area contributed by atoms with E-state index in [1.807, 2.05) is 13.8 Å². The van der Waals surface area contributed by atoms with Crippen LogP contribution in [0.1, 0.15) is 13.8 Å². The lowest BCUT2D eigenvalue weighted by atomic mass is 10.1. The highest BCUT2D eigenvalue weighted by molar-refractivity contribution is 5.12. The second-order valence-electron chi connectivity index (χ2n) is 2.42. The summed E-state index contributed by atoms with van der Waals surface area (Å²) in [6.45, 7) is 3.90. The van der Waals surface area contributed by atoms with Crippen molar-refractivity contribution in [2.75, 3.05) is 0 Å². The second kappa shape index (κ2) is 1.39. The predicted molar refractivity (Wildman–Crippen MR) is 30.6 cm³/mol. The Morgan fingerprint density at radius 1 is 1.75 bits per heavy atom. The molecule has 3 nitrogen and oxygen atoms in total. The first-order valence-electron chi connectivity index (χ1n) is 2.52. The summed E-state index contributed by atoms with van der Waals surface area (Å²) in [6.07, 6.45) is 1.51. The van der Waals surface area contributed by atoms with Gasteiger partial charge in [-0.25, -0.2) is 0 Å². The normalized spacial score (nSPS) is 24.5. The van der Waals surface area contributed by atoms with Crippen molar-refractivity contribution in [2.24, 2.45) is 5.73 Å². The Kier molecular flexibility index (Phi) is 0.942. The SMILES string of the molecule is CC1(C)NOC=C1N. The van der Waals surface area contributed by atoms with E-state index in [2.05, 4.69) is 5.48 Å². The van der Waals surface area contributed by atoms with Gasteiger partial charge in [-0.05, 0) is 13.8 Å². The lowest BCUT2D eigenvalue weighted by molar-refractivity contribution is 0.112. The molecule has 46 valence electrons. The minimum absolute atomic E-state index is 0.181. The van der Waals surface area contributed by atoms with Gasteiger partial charge in [-0.2, -0.15) is 0 Å². The molecule has 0 aromatic heterocycles. The third-order valence-electron chi connectivity index (χ3n) is 1.22. The lowest BCUT2D eigenvalue weighted by Gasteiger charge is -2.15. The van der Waals surface area contributed by atoms with Gasteiger partial charge in [0.15, 0.2) is 0 Å². The summed E-state index contributed by atoms with van der Waals surface area (Å²) < 4.78 is 0. The quantitative estimate of drug-likeness (QED) is 0.469. The topological polar surface area (TPSA) is 47.3 Å². The first-order valence-corrected chi connectivity index (χ1v) is 2.52. The van der Waals surface area contributed by atoms with Crippen molar-refractivity contribution in [3.63, 3.8) is 0 Å². The first kappa shape index (κ1) is 5.44. The Morgan fingerprint density at radius 3 is 2.50 bits per heavy atom. The van der Waals surface area contributed by atoms with Crippen LogP contribution in [0.3, 0.4) is 0 Å². The average Bonchev–Trinajstić information content (AvgIpc) is 1.86. The van der Waals surface area contributed by atoms with Crippen LogP contribution in [0, 0.1) is 0 Å². The maximum atomic E-state index is 5.49. The van der Waals surface area contributed by atoms with Crippen molar-refractivity contribution >= 4 is 0 Å². The van der Waals surface area contributed by atoms with Gasteiger partial charge in [0, 0.05) is 0 Å². The largest absolute Gasteiger partial charge is 0.414 e. The molecule has 0 saturated heterocycles. The Labute approximate surface area is 48.5 Å². The van der Waals surface area contributed by atoms with Crippen LogP contribution in [0.25, 0.3) is 0 Å². The molecule has 0 spiro atoms. The van der Waals surface area contributed by atoms with E-state index in [-0.39, 0.29) is 5.54 Å². The van der Waals surface area contributed by atoms with E-state index in [9.17, 15) is 0 Å². The highest BCUT2D eigenvalue weighted by Crippen LogP contribution is 2.14. The number of hydrogen-bond acceptors (Lipinski definition) is 3. The van der Waals surface area contributed by atoms with Gasteiger partial charge in [-0.15, -0.1) is 5.48 Å². The predicted octanol–water partition coefficient (Wildman–Crippen LogP) is 0.0999. The minimum atomic E-state index is -0.181. The molecule has 0 aromatic carbocycles. The summed E-state index contributed by atoms with van der Waals surface area (Å²) in [6, 6.07) is 0. The Bertz CT molecular complexity index is 128. The molecule has 0 saturated carbocycles. The van der Waals surface area contributed by atoms with Gasteiger partial charge in [0.05, 0.1) is 11.2 Å². The molecule has 1 heterocycles. The van der Waals surface area contributed by atoms with Gasteiger partial charge < -0.3 is 10.6 Å². The van der Waals surface area contributed by atoms with Crippen molar-refractivity contribution < 1.29 is 4.84 Å². The Morgan fingerprint density at radius 2 is 2.38 bits per heavy atom. The number of nitrogens with one attached hydrogen (secondary N) is 1. The van der Waals surface area contributed by atoms with Crippen molar-refractivity contribution in [1.82, 2.24) is 5.48 Å². The van der Waals surface area contributed by atoms with Gasteiger partial charge >= 0.3 is 0 Å². The highest BCUT2D eigenvalue weighted by atomic mass is 16.6. The molecule has 3 N–H and O–H groups in total. The lowest BCUT2D eigenvalue weighted by Crippen LogP contribution is -2.37. The highest BCUT2D eigenvalue weighted by Gasteiger charge is 2.25. The molecule has 0 fully saturated rings. The summed E-state index contributed by atoms with van der Waals surface area (Å²) in [5.74, 6) is 0. The summed E-state index contributed by atoms with van der Waals surface area (Å²) in [7, 11) is 0. The molecule has 0 unspecified atom stereocenters. The number of hydroxylamine groups is 1. The van der Waals surface area contributed by atoms with Crippen molar-refractivity contribution in [1.29, 1.82) is 0 Å². The van der Waals surface area contributed by atoms with E-state index < -0.39 is 0 Å². The molecule has 1 rings (SSSR count). The monoisotopic (exact) mass is 114 g/mol. The van der Waals surface area contributed by atoms with Crippen molar-refractivity contribution in [3.05, 3.63) is 12.0 Å². The zero-order valence-electron chi connectivity index (χ0n) is 5.06. The average molecular weight is 114 g/mol. The molecule has 3 heteroatoms. The minimum Gasteiger partial charge on any atom is -0.414 e. The molecule has 1 aliphatic rings. The van der Waals surface area contributed by atoms with Crippen LogP contribution in [0.15, 0.2) is 12.0 Å². The first-order chi connectivity index (χ1) is 3.63. The van der Waals surface area contributed by atoms with E-state index in [4.69, 9.17) is 10.6 Å². The summed E-state index contributed by atoms with van der Waals surface area (Å²) in [5.41, 5.74) is 8.77. The second-order valence-corrected chi connectivity index (χ2v) is 2.42. The number of nitrogens with two attached hydrogens (primary N) is 1. The molecule has 0 amide bonds. The van der Waals surface area contributed by atoms with Crippen LogP contribution in [0.5, 0.6) is 0 Å². The summed E-state index contributed by atoms with van der Waals surface area (Å²) in [5, 5.41) is 0. The molecule has 0 aliphatic carbocycles. The fourth-order valence-corrected chi connectivity index (χ4v) is 0.446. The summed E-state index contributed by atoms with van der Waals surface area (Å²) >= 11 is 0. The standard InChI is InChI=1S/C5H10N2O/c1-5(2)4(6)3-8-7-5/h3,7H,6H2,1-2H3. The smallest absolute Gasteiger partial charge is 0.132 e. The van der Waals surface area contributed by atoms with E-state index in [1.165, 1.54) is 6.26 Å². The fraction of sp³-hybridized carbons (Fsp3) is 0.600. The number of rotatable bonds is 0. The molecule has 0 aromatic rings. The molecular formula is C5H10N2O. The Balaban J connectivity index is 2.73. The van der Waals surface area contributed by atoms with Gasteiger partial charge in [0.1, 0.15) is 6.26 Å². The molecule has 0 radical (unpaired) electrons. The molecule has 8 heavy (non-hydrogen) atoms. The Hall–Kier alpha value is -0.700. The molecular weight excluding hydrogens is 104 g/mol. The zero-order chi connectivity index (χ0) is 6.20. The third kappa shape index (κ3) is 0.648. The van der Waals surface area contributed by atoms with Crippen LogP contribution < -0.4 is 11.2 Å². The van der Waals surface area contributed by atoms with E-state index in [1.54, 1.807) is 0 Å². The maximum Gasteiger partial charge on any atom is 0.132 e. The third-order valence-corrected chi connectivity index (χ3v) is 1.22. The van der Waals surface area contributed by atoms with Crippen molar-refractivity contribution in [3.8, 4) is 0 Å². The maximum absolute atomic E-state index is 5.49. The zero-order valence-corrected chi connectivity index (χ0v) is 5.06. The molecule has 1 aliphatic heterocycles. The van der Waals surface area contributed by atoms with E-state index >= 15 is 0 Å². The van der Waals surface area contributed by atoms with Gasteiger partial charge in [0.2, 0.25) is 0 Å². The van der Waals surface area contributed by atoms with Gasteiger partial charge in [-0.3, -0.25) is 0 Å². The molecule has 0 atom stereocenters. The number of hydrogen-bond donors (Lipinski definition) is 2. The van der Waals surface area contributed by atoms with Crippen LogP contribution in [0.4, 0.5) is 0 Å². The van der Waals surface area contributed by atoms with E-state index in [0.717, 1.165) is 5.70 Å². The van der Waals surface area contributed by atoms with Gasteiger partial charge in [-0.1, -0.05) is 0 Å². The molecule has 0 bridgehead atoms. The van der Waals surface area contributed by atoms with Crippen LogP contribution in [0.2, 0.25) is 0 Å². The fourth-order valence-electron chi connectivity index (χ4n) is 0.446. The summed E-state index contributed by atoms with van der Waals surface area (Å²) in [4.78, 5) is 4.73.